The van der Waals surface area contributed by atoms with E-state index < -0.39 is 5.82 Å². The van der Waals surface area contributed by atoms with Crippen molar-refractivity contribution in [2.24, 2.45) is 5.92 Å². The largest absolute Gasteiger partial charge is 0.472 e. The second-order valence-electron chi connectivity index (χ2n) is 9.80. The van der Waals surface area contributed by atoms with E-state index in [1.54, 1.807) is 24.9 Å². The molecule has 1 aliphatic carbocycles. The lowest BCUT2D eigenvalue weighted by Crippen LogP contribution is -2.20. The van der Waals surface area contributed by atoms with Crippen molar-refractivity contribution >= 4 is 22.1 Å². The number of pyridine rings is 3. The van der Waals surface area contributed by atoms with Crippen molar-refractivity contribution in [2.45, 2.75) is 32.2 Å². The number of nitrogens with one attached hydrogen (secondary N) is 3. The fourth-order valence-corrected chi connectivity index (χ4v) is 5.35. The maximum atomic E-state index is 16.1. The van der Waals surface area contributed by atoms with Gasteiger partial charge in [0.25, 0.3) is 0 Å². The van der Waals surface area contributed by atoms with Crippen LogP contribution in [0, 0.1) is 11.7 Å². The van der Waals surface area contributed by atoms with Crippen LogP contribution in [0.5, 0.6) is 0 Å². The Morgan fingerprint density at radius 2 is 1.97 bits per heavy atom. The van der Waals surface area contributed by atoms with E-state index in [4.69, 9.17) is 9.40 Å². The van der Waals surface area contributed by atoms with Crippen LogP contribution in [0.2, 0.25) is 0 Å². The Kier molecular flexibility index (Phi) is 5.66. The number of hydrogen-bond acceptors (Lipinski definition) is 7. The van der Waals surface area contributed by atoms with Crippen LogP contribution in [0.4, 0.5) is 4.39 Å². The molecule has 0 spiro atoms. The summed E-state index contributed by atoms with van der Waals surface area (Å²) in [6.07, 6.45) is 15.1. The maximum absolute atomic E-state index is 16.1. The Hall–Kier alpha value is -4.44. The lowest BCUT2D eigenvalue weighted by Gasteiger charge is -2.11. The molecule has 0 atom stereocenters. The normalized spacial score (nSPS) is 14.2. The average molecular weight is 509 g/mol. The summed E-state index contributed by atoms with van der Waals surface area (Å²) in [5, 5.41) is 11.0. The van der Waals surface area contributed by atoms with E-state index in [0.717, 1.165) is 29.1 Å². The first kappa shape index (κ1) is 22.7. The van der Waals surface area contributed by atoms with E-state index >= 15 is 4.39 Å². The van der Waals surface area contributed by atoms with Crippen molar-refractivity contribution in [1.82, 2.24) is 40.4 Å². The highest BCUT2D eigenvalue weighted by Crippen LogP contribution is 2.34. The van der Waals surface area contributed by atoms with E-state index in [2.05, 4.69) is 35.5 Å². The van der Waals surface area contributed by atoms with Gasteiger partial charge in [-0.1, -0.05) is 12.8 Å². The van der Waals surface area contributed by atoms with Crippen LogP contribution in [0.3, 0.4) is 0 Å². The molecule has 10 heteroatoms. The van der Waals surface area contributed by atoms with Gasteiger partial charge in [-0.15, -0.1) is 0 Å². The lowest BCUT2D eigenvalue weighted by molar-refractivity contribution is 0.489. The summed E-state index contributed by atoms with van der Waals surface area (Å²) in [5.41, 5.74) is 5.61. The molecular weight excluding hydrogens is 483 g/mol. The standard InChI is InChI=1S/C28H25FN8O/c29-23-20(19-9-17(12-31-13-19)11-30-10-16-3-1-2-4-16)14-33-27-22(23)26(36-37-27)28-34-21-5-7-32-24(25(21)35-28)18-6-8-38-15-18/h5-9,12-16,30H,1-4,10-11H2,(H,34,35)(H,33,36,37). The Balaban J connectivity index is 1.23. The molecular formula is C28H25FN8O. The minimum atomic E-state index is -0.426. The number of fused-ring (bicyclic) bond motifs is 2. The first-order valence-electron chi connectivity index (χ1n) is 12.8. The van der Waals surface area contributed by atoms with Gasteiger partial charge in [0.15, 0.2) is 11.5 Å². The number of aromatic nitrogens is 7. The number of H-pyrrole nitrogens is 2. The molecule has 1 fully saturated rings. The Morgan fingerprint density at radius 1 is 1.05 bits per heavy atom. The highest BCUT2D eigenvalue weighted by molar-refractivity contribution is 5.96. The summed E-state index contributed by atoms with van der Waals surface area (Å²) in [6.45, 7) is 1.69. The number of rotatable bonds is 7. The van der Waals surface area contributed by atoms with Crippen LogP contribution in [0.25, 0.3) is 56.0 Å². The molecule has 6 heterocycles. The molecule has 0 aromatic carbocycles. The smallest absolute Gasteiger partial charge is 0.159 e. The molecule has 6 aromatic heterocycles. The molecule has 0 unspecified atom stereocenters. The molecule has 0 amide bonds. The Morgan fingerprint density at radius 3 is 2.84 bits per heavy atom. The number of furan rings is 1. The number of imidazole rings is 1. The van der Waals surface area contributed by atoms with Crippen molar-refractivity contribution in [3.8, 4) is 33.9 Å². The predicted octanol–water partition coefficient (Wildman–Crippen LogP) is 5.64. The third-order valence-electron chi connectivity index (χ3n) is 7.29. The molecule has 190 valence electrons. The molecule has 7 rings (SSSR count). The summed E-state index contributed by atoms with van der Waals surface area (Å²) in [7, 11) is 0. The molecule has 0 radical (unpaired) electrons. The molecule has 0 saturated heterocycles. The maximum Gasteiger partial charge on any atom is 0.159 e. The number of aromatic amines is 2. The Labute approximate surface area is 217 Å². The lowest BCUT2D eigenvalue weighted by atomic mass is 10.0. The van der Waals surface area contributed by atoms with E-state index in [0.29, 0.717) is 46.0 Å². The highest BCUT2D eigenvalue weighted by atomic mass is 19.1. The van der Waals surface area contributed by atoms with Gasteiger partial charge in [0, 0.05) is 48.0 Å². The summed E-state index contributed by atoms with van der Waals surface area (Å²) < 4.78 is 21.3. The summed E-state index contributed by atoms with van der Waals surface area (Å²) in [5.74, 6) is 0.745. The zero-order valence-electron chi connectivity index (χ0n) is 20.5. The number of nitrogens with zero attached hydrogens (tertiary/aromatic N) is 5. The molecule has 3 N–H and O–H groups in total. The third-order valence-corrected chi connectivity index (χ3v) is 7.29. The van der Waals surface area contributed by atoms with Gasteiger partial charge in [0.2, 0.25) is 0 Å². The molecule has 0 bridgehead atoms. The van der Waals surface area contributed by atoms with Crippen LogP contribution in [0.1, 0.15) is 31.2 Å². The number of halogens is 1. The van der Waals surface area contributed by atoms with Gasteiger partial charge in [0.1, 0.15) is 22.7 Å². The molecule has 1 aliphatic rings. The van der Waals surface area contributed by atoms with E-state index in [9.17, 15) is 0 Å². The quantitative estimate of drug-likeness (QED) is 0.255. The molecule has 38 heavy (non-hydrogen) atoms. The summed E-state index contributed by atoms with van der Waals surface area (Å²) in [4.78, 5) is 21.3. The minimum absolute atomic E-state index is 0.268. The van der Waals surface area contributed by atoms with Crippen molar-refractivity contribution in [1.29, 1.82) is 0 Å². The molecule has 9 nitrogen and oxygen atoms in total. The van der Waals surface area contributed by atoms with Crippen LogP contribution >= 0.6 is 0 Å². The second kappa shape index (κ2) is 9.46. The average Bonchev–Trinajstić information content (AvgIpc) is 3.75. The van der Waals surface area contributed by atoms with Gasteiger partial charge in [-0.25, -0.2) is 14.4 Å². The number of hydrogen-bond donors (Lipinski definition) is 3. The van der Waals surface area contributed by atoms with Crippen molar-refractivity contribution in [3.63, 3.8) is 0 Å². The zero-order chi connectivity index (χ0) is 25.5. The first-order chi connectivity index (χ1) is 18.7. The predicted molar refractivity (Wildman–Crippen MR) is 141 cm³/mol. The van der Waals surface area contributed by atoms with E-state index in [1.165, 1.54) is 31.9 Å². The van der Waals surface area contributed by atoms with Crippen LogP contribution in [-0.4, -0.2) is 41.7 Å². The van der Waals surface area contributed by atoms with Gasteiger partial charge >= 0.3 is 0 Å². The monoisotopic (exact) mass is 508 g/mol. The summed E-state index contributed by atoms with van der Waals surface area (Å²) >= 11 is 0. The van der Waals surface area contributed by atoms with E-state index in [-0.39, 0.29) is 5.39 Å². The minimum Gasteiger partial charge on any atom is -0.472 e. The highest BCUT2D eigenvalue weighted by Gasteiger charge is 2.22. The fraction of sp³-hybridized carbons (Fsp3) is 0.250. The fourth-order valence-electron chi connectivity index (χ4n) is 5.35. The Bertz CT molecular complexity index is 1730. The summed E-state index contributed by atoms with van der Waals surface area (Å²) in [6, 6.07) is 5.61. The van der Waals surface area contributed by atoms with Crippen molar-refractivity contribution in [2.75, 3.05) is 6.54 Å². The third kappa shape index (κ3) is 4.03. The SMILES string of the molecule is Fc1c(-c2cncc(CNCC3CCCC3)c2)cnc2[nH]nc(-c3nc4c(-c5ccoc5)nccc4[nH]3)c12. The second-order valence-corrected chi connectivity index (χ2v) is 9.80. The topological polar surface area (TPSA) is 121 Å². The van der Waals surface area contributed by atoms with Crippen molar-refractivity contribution in [3.05, 3.63) is 66.9 Å². The van der Waals surface area contributed by atoms with Gasteiger partial charge in [-0.05, 0) is 49.1 Å². The van der Waals surface area contributed by atoms with Gasteiger partial charge in [-0.3, -0.25) is 15.1 Å². The molecule has 1 saturated carbocycles. The molecule has 0 aliphatic heterocycles. The first-order valence-corrected chi connectivity index (χ1v) is 12.8. The van der Waals surface area contributed by atoms with E-state index in [1.807, 2.05) is 24.4 Å². The molecule has 6 aromatic rings. The van der Waals surface area contributed by atoms with Crippen LogP contribution in [0.15, 0.2) is 59.9 Å². The van der Waals surface area contributed by atoms with Crippen molar-refractivity contribution < 1.29 is 8.81 Å². The van der Waals surface area contributed by atoms with Gasteiger partial charge in [0.05, 0.1) is 23.4 Å². The zero-order valence-corrected chi connectivity index (χ0v) is 20.5. The van der Waals surface area contributed by atoms with Crippen LogP contribution < -0.4 is 5.32 Å². The van der Waals surface area contributed by atoms with Crippen LogP contribution in [-0.2, 0) is 6.54 Å². The van der Waals surface area contributed by atoms with Gasteiger partial charge in [-0.2, -0.15) is 5.10 Å². The van der Waals surface area contributed by atoms with Gasteiger partial charge < -0.3 is 14.7 Å².